The number of aryl methyl sites for hydroxylation is 2. The van der Waals surface area contributed by atoms with Crippen LogP contribution in [0, 0.1) is 0 Å². The van der Waals surface area contributed by atoms with Crippen LogP contribution in [0.4, 0.5) is 0 Å². The molecule has 2 aromatic heterocycles. The topological polar surface area (TPSA) is 52.1 Å². The van der Waals surface area contributed by atoms with Gasteiger partial charge in [-0.1, -0.05) is 49.0 Å². The van der Waals surface area contributed by atoms with Crippen LogP contribution in [0.5, 0.6) is 0 Å². The average Bonchev–Trinajstić information content (AvgIpc) is 3.10. The molecule has 4 nitrogen and oxygen atoms in total. The van der Waals surface area contributed by atoms with Gasteiger partial charge in [0.2, 0.25) is 0 Å². The van der Waals surface area contributed by atoms with E-state index in [9.17, 15) is 4.79 Å². The van der Waals surface area contributed by atoms with Crippen LogP contribution in [0.25, 0.3) is 10.2 Å². The Labute approximate surface area is 167 Å². The summed E-state index contributed by atoms with van der Waals surface area (Å²) in [6.45, 7) is 2.33. The van der Waals surface area contributed by atoms with Crippen molar-refractivity contribution in [3.8, 4) is 0 Å². The zero-order valence-electron chi connectivity index (χ0n) is 15.3. The van der Waals surface area contributed by atoms with E-state index in [-0.39, 0.29) is 11.2 Å². The SMILES string of the molecule is CC[C@@H](Sc1ncnc2sc3c(c12)CCCC3)C(=O)OCc1ccccc1. The third kappa shape index (κ3) is 4.01. The number of ether oxygens (including phenoxy) is 1. The number of rotatable bonds is 6. The smallest absolute Gasteiger partial charge is 0.319 e. The largest absolute Gasteiger partial charge is 0.460 e. The molecular weight excluding hydrogens is 376 g/mol. The summed E-state index contributed by atoms with van der Waals surface area (Å²) < 4.78 is 5.56. The lowest BCUT2D eigenvalue weighted by Crippen LogP contribution is -2.19. The number of benzene rings is 1. The van der Waals surface area contributed by atoms with Gasteiger partial charge >= 0.3 is 5.97 Å². The first-order valence-corrected chi connectivity index (χ1v) is 11.1. The second kappa shape index (κ2) is 8.40. The molecule has 1 aliphatic rings. The van der Waals surface area contributed by atoms with Crippen LogP contribution in [0.2, 0.25) is 0 Å². The fourth-order valence-corrected chi connectivity index (χ4v) is 5.74. The van der Waals surface area contributed by atoms with Crippen molar-refractivity contribution in [1.29, 1.82) is 0 Å². The van der Waals surface area contributed by atoms with E-state index in [0.29, 0.717) is 13.0 Å². The van der Waals surface area contributed by atoms with Crippen molar-refractivity contribution in [2.75, 3.05) is 0 Å². The van der Waals surface area contributed by atoms with Gasteiger partial charge in [-0.15, -0.1) is 11.3 Å². The van der Waals surface area contributed by atoms with Crippen molar-refractivity contribution in [1.82, 2.24) is 9.97 Å². The van der Waals surface area contributed by atoms with E-state index >= 15 is 0 Å². The van der Waals surface area contributed by atoms with Gasteiger partial charge in [-0.3, -0.25) is 4.79 Å². The van der Waals surface area contributed by atoms with E-state index in [4.69, 9.17) is 4.74 Å². The van der Waals surface area contributed by atoms with Gasteiger partial charge in [-0.05, 0) is 43.2 Å². The van der Waals surface area contributed by atoms with Crippen LogP contribution in [0.3, 0.4) is 0 Å². The molecule has 0 saturated carbocycles. The van der Waals surface area contributed by atoms with Crippen molar-refractivity contribution in [2.24, 2.45) is 0 Å². The Hall–Kier alpha value is -1.92. The van der Waals surface area contributed by atoms with Gasteiger partial charge in [-0.2, -0.15) is 0 Å². The Morgan fingerprint density at radius 3 is 2.85 bits per heavy atom. The van der Waals surface area contributed by atoms with Gasteiger partial charge in [0.25, 0.3) is 0 Å². The quantitative estimate of drug-likeness (QED) is 0.325. The molecule has 0 bridgehead atoms. The molecule has 0 unspecified atom stereocenters. The van der Waals surface area contributed by atoms with Crippen molar-refractivity contribution in [2.45, 2.75) is 55.9 Å². The number of carbonyl (C=O) groups excluding carboxylic acids is 1. The maximum absolute atomic E-state index is 12.6. The summed E-state index contributed by atoms with van der Waals surface area (Å²) in [6, 6.07) is 9.79. The summed E-state index contributed by atoms with van der Waals surface area (Å²) in [6.07, 6.45) is 7.01. The zero-order chi connectivity index (χ0) is 18.6. The Balaban J connectivity index is 1.53. The molecule has 27 heavy (non-hydrogen) atoms. The van der Waals surface area contributed by atoms with Crippen molar-refractivity contribution in [3.05, 3.63) is 52.7 Å². The standard InChI is InChI=1S/C21H22N2O2S2/c1-2-16(21(24)25-12-14-8-4-3-5-9-14)26-19-18-15-10-6-7-11-17(15)27-20(18)23-13-22-19/h3-5,8-9,13,16H,2,6-7,10-12H2,1H3/t16-/m1/s1. The van der Waals surface area contributed by atoms with Crippen LogP contribution in [0.15, 0.2) is 41.7 Å². The van der Waals surface area contributed by atoms with Gasteiger partial charge in [0.15, 0.2) is 0 Å². The molecule has 0 aliphatic heterocycles. The summed E-state index contributed by atoms with van der Waals surface area (Å²) in [4.78, 5) is 24.1. The second-order valence-corrected chi connectivity index (χ2v) is 8.95. The normalized spacial score (nSPS) is 14.7. The third-order valence-corrected chi connectivity index (χ3v) is 7.37. The van der Waals surface area contributed by atoms with Crippen LogP contribution >= 0.6 is 23.1 Å². The molecule has 0 spiro atoms. The molecule has 3 aromatic rings. The van der Waals surface area contributed by atoms with Gasteiger partial charge in [-0.25, -0.2) is 9.97 Å². The minimum atomic E-state index is -0.258. The molecule has 6 heteroatoms. The number of fused-ring (bicyclic) bond motifs is 3. The van der Waals surface area contributed by atoms with Gasteiger partial charge < -0.3 is 4.74 Å². The zero-order valence-corrected chi connectivity index (χ0v) is 16.9. The lowest BCUT2D eigenvalue weighted by molar-refractivity contribution is -0.144. The Morgan fingerprint density at radius 2 is 2.04 bits per heavy atom. The predicted octanol–water partition coefficient (Wildman–Crippen LogP) is 5.18. The van der Waals surface area contributed by atoms with E-state index in [2.05, 4.69) is 9.97 Å². The Kier molecular flexibility index (Phi) is 5.74. The van der Waals surface area contributed by atoms with E-state index in [1.165, 1.54) is 35.0 Å². The number of thiophene rings is 1. The highest BCUT2D eigenvalue weighted by Gasteiger charge is 2.25. The highest BCUT2D eigenvalue weighted by Crippen LogP contribution is 2.40. The third-order valence-electron chi connectivity index (χ3n) is 4.83. The molecule has 0 radical (unpaired) electrons. The molecule has 2 heterocycles. The molecule has 0 saturated heterocycles. The lowest BCUT2D eigenvalue weighted by atomic mass is 9.97. The monoisotopic (exact) mass is 398 g/mol. The van der Waals surface area contributed by atoms with Gasteiger partial charge in [0.1, 0.15) is 28.0 Å². The molecule has 1 atom stereocenters. The Bertz CT molecular complexity index is 940. The molecule has 1 aliphatic carbocycles. The molecule has 140 valence electrons. The van der Waals surface area contributed by atoms with Crippen LogP contribution in [-0.2, 0) is 29.0 Å². The van der Waals surface area contributed by atoms with Crippen LogP contribution in [0.1, 0.15) is 42.2 Å². The summed E-state index contributed by atoms with van der Waals surface area (Å²) in [7, 11) is 0. The van der Waals surface area contributed by atoms with Crippen molar-refractivity contribution < 1.29 is 9.53 Å². The summed E-state index contributed by atoms with van der Waals surface area (Å²) in [5.74, 6) is -0.179. The fourth-order valence-electron chi connectivity index (χ4n) is 3.41. The maximum atomic E-state index is 12.6. The Morgan fingerprint density at radius 1 is 1.22 bits per heavy atom. The highest BCUT2D eigenvalue weighted by molar-refractivity contribution is 8.00. The molecule has 1 aromatic carbocycles. The van der Waals surface area contributed by atoms with E-state index in [0.717, 1.165) is 33.6 Å². The van der Waals surface area contributed by atoms with Crippen molar-refractivity contribution in [3.63, 3.8) is 0 Å². The number of hydrogen-bond acceptors (Lipinski definition) is 6. The first kappa shape index (κ1) is 18.4. The number of thioether (sulfide) groups is 1. The molecule has 4 rings (SSSR count). The van der Waals surface area contributed by atoms with Gasteiger partial charge in [0, 0.05) is 10.3 Å². The number of aromatic nitrogens is 2. The summed E-state index contributed by atoms with van der Waals surface area (Å²) >= 11 is 3.30. The minimum Gasteiger partial charge on any atom is -0.460 e. The van der Waals surface area contributed by atoms with Crippen LogP contribution < -0.4 is 0 Å². The first-order chi connectivity index (χ1) is 13.3. The minimum absolute atomic E-state index is 0.179. The van der Waals surface area contributed by atoms with Crippen LogP contribution in [-0.4, -0.2) is 21.2 Å². The van der Waals surface area contributed by atoms with Crippen molar-refractivity contribution >= 4 is 39.3 Å². The molecule has 0 amide bonds. The fraction of sp³-hybridized carbons (Fsp3) is 0.381. The van der Waals surface area contributed by atoms with E-state index < -0.39 is 0 Å². The number of esters is 1. The van der Waals surface area contributed by atoms with Gasteiger partial charge in [0.05, 0.1) is 0 Å². The number of nitrogens with zero attached hydrogens (tertiary/aromatic N) is 2. The second-order valence-electron chi connectivity index (χ2n) is 6.68. The summed E-state index contributed by atoms with van der Waals surface area (Å²) in [5, 5.41) is 1.82. The predicted molar refractivity (Wildman–Crippen MR) is 110 cm³/mol. The summed E-state index contributed by atoms with van der Waals surface area (Å²) in [5.41, 5.74) is 2.40. The molecular formula is C21H22N2O2S2. The van der Waals surface area contributed by atoms with E-state index in [1.54, 1.807) is 17.7 Å². The average molecular weight is 399 g/mol. The molecule has 0 fully saturated rings. The number of hydrogen-bond donors (Lipinski definition) is 0. The first-order valence-electron chi connectivity index (χ1n) is 9.38. The molecule has 0 N–H and O–H groups in total. The van der Waals surface area contributed by atoms with E-state index in [1.807, 2.05) is 37.3 Å². The number of carbonyl (C=O) groups is 1. The maximum Gasteiger partial charge on any atom is 0.319 e. The lowest BCUT2D eigenvalue weighted by Gasteiger charge is -2.15. The highest BCUT2D eigenvalue weighted by atomic mass is 32.2.